The summed E-state index contributed by atoms with van der Waals surface area (Å²) in [4.78, 5) is 13.7. The zero-order valence-corrected chi connectivity index (χ0v) is 22.4. The van der Waals surface area contributed by atoms with Crippen LogP contribution in [-0.4, -0.2) is 17.0 Å². The average Bonchev–Trinajstić information content (AvgIpc) is 3.03. The third-order valence-electron chi connectivity index (χ3n) is 13.8. The summed E-state index contributed by atoms with van der Waals surface area (Å²) in [5.74, 6) is 2.87. The fourth-order valence-corrected chi connectivity index (χ4v) is 11.7. The number of carbonyl (C=O) groups excluding carboxylic acids is 1. The fourth-order valence-electron chi connectivity index (χ4n) is 11.7. The van der Waals surface area contributed by atoms with Gasteiger partial charge in [-0.05, 0) is 109 Å². The quantitative estimate of drug-likeness (QED) is 0.390. The van der Waals surface area contributed by atoms with Crippen LogP contribution in [0.4, 0.5) is 0 Å². The number of ketones is 1. The minimum atomic E-state index is -0.169. The smallest absolute Gasteiger partial charge is 0.139 e. The molecule has 2 bridgehead atoms. The number of hydrogen-bond donors (Lipinski definition) is 1. The monoisotopic (exact) mass is 452 g/mol. The third kappa shape index (κ3) is 2.48. The van der Waals surface area contributed by atoms with Gasteiger partial charge in [-0.25, -0.2) is 0 Å². The summed E-state index contributed by atoms with van der Waals surface area (Å²) in [5, 5.41) is 10.9. The number of rotatable bonds is 0. The van der Waals surface area contributed by atoms with Crippen LogP contribution in [0.15, 0.2) is 11.6 Å². The molecule has 6 aliphatic carbocycles. The molecule has 1 spiro atoms. The Hall–Kier alpha value is -0.630. The summed E-state index contributed by atoms with van der Waals surface area (Å²) >= 11 is 0. The zero-order chi connectivity index (χ0) is 23.8. The molecule has 1 N–H and O–H groups in total. The molecule has 0 saturated heterocycles. The van der Waals surface area contributed by atoms with Gasteiger partial charge in [0.1, 0.15) is 5.78 Å². The number of carbonyl (C=O) groups is 1. The highest BCUT2D eigenvalue weighted by Crippen LogP contribution is 2.79. The molecule has 0 heterocycles. The molecule has 2 heteroatoms. The lowest BCUT2D eigenvalue weighted by Crippen LogP contribution is -2.65. The first-order valence-electron chi connectivity index (χ1n) is 14.1. The normalized spacial score (nSPS) is 56.2. The van der Waals surface area contributed by atoms with Crippen molar-refractivity contribution in [3.63, 3.8) is 0 Å². The number of Topliss-reactive ketones (excluding diaryl/α,β-unsaturated/α-hetero) is 1. The molecule has 184 valence electrons. The largest absolute Gasteiger partial charge is 0.393 e. The first-order chi connectivity index (χ1) is 15.2. The van der Waals surface area contributed by atoms with Gasteiger partial charge in [-0.3, -0.25) is 4.79 Å². The lowest BCUT2D eigenvalue weighted by atomic mass is 9.33. The number of hydrogen-bond acceptors (Lipinski definition) is 2. The van der Waals surface area contributed by atoms with Crippen LogP contribution in [0.5, 0.6) is 0 Å². The van der Waals surface area contributed by atoms with Crippen molar-refractivity contribution in [1.29, 1.82) is 0 Å². The maximum atomic E-state index is 13.7. The Labute approximate surface area is 202 Å². The Balaban J connectivity index is 1.48. The lowest BCUT2D eigenvalue weighted by molar-refractivity contribution is -0.208. The molecule has 9 atom stereocenters. The first-order valence-corrected chi connectivity index (χ1v) is 14.1. The Morgan fingerprint density at radius 1 is 0.879 bits per heavy atom. The van der Waals surface area contributed by atoms with Crippen molar-refractivity contribution in [2.75, 3.05) is 0 Å². The van der Waals surface area contributed by atoms with E-state index in [4.69, 9.17) is 0 Å². The molecule has 6 aliphatic rings. The lowest BCUT2D eigenvalue weighted by Gasteiger charge is -2.71. The first kappa shape index (κ1) is 22.8. The highest BCUT2D eigenvalue weighted by molar-refractivity contribution is 5.89. The van der Waals surface area contributed by atoms with Gasteiger partial charge < -0.3 is 5.11 Å². The highest BCUT2D eigenvalue weighted by Gasteiger charge is 2.73. The van der Waals surface area contributed by atoms with Crippen molar-refractivity contribution in [3.05, 3.63) is 11.6 Å². The number of aliphatic hydroxyl groups excluding tert-OH is 1. The second-order valence-electron chi connectivity index (χ2n) is 15.6. The van der Waals surface area contributed by atoms with Gasteiger partial charge in [0.05, 0.1) is 6.10 Å². The molecule has 0 aliphatic heterocycles. The predicted octanol–water partition coefficient (Wildman–Crippen LogP) is 7.35. The summed E-state index contributed by atoms with van der Waals surface area (Å²) in [6.07, 6.45) is 13.8. The molecule has 5 fully saturated rings. The number of fused-ring (bicyclic) bond motifs is 8. The zero-order valence-electron chi connectivity index (χ0n) is 22.4. The van der Waals surface area contributed by atoms with Crippen LogP contribution >= 0.6 is 0 Å². The highest BCUT2D eigenvalue weighted by atomic mass is 16.3. The molecule has 3 unspecified atom stereocenters. The molecule has 0 aromatic carbocycles. The summed E-state index contributed by atoms with van der Waals surface area (Å²) in [5.41, 5.74) is 2.71. The average molecular weight is 453 g/mol. The molecule has 6 rings (SSSR count). The van der Waals surface area contributed by atoms with E-state index < -0.39 is 0 Å². The number of allylic oxidation sites excluding steroid dienone is 2. The van der Waals surface area contributed by atoms with Gasteiger partial charge in [0, 0.05) is 11.8 Å². The van der Waals surface area contributed by atoms with Gasteiger partial charge >= 0.3 is 0 Å². The predicted molar refractivity (Wildman–Crippen MR) is 134 cm³/mol. The molecule has 0 radical (unpaired) electrons. The van der Waals surface area contributed by atoms with Crippen LogP contribution in [0.1, 0.15) is 113 Å². The Morgan fingerprint density at radius 2 is 1.61 bits per heavy atom. The van der Waals surface area contributed by atoms with Gasteiger partial charge in [-0.2, -0.15) is 0 Å². The fraction of sp³-hybridized carbons (Fsp3) is 0.903. The van der Waals surface area contributed by atoms with E-state index in [1.807, 2.05) is 0 Å². The number of aliphatic hydroxyl groups is 1. The molecule has 0 aromatic rings. The Kier molecular flexibility index (Phi) is 4.41. The minimum Gasteiger partial charge on any atom is -0.393 e. The van der Waals surface area contributed by atoms with Crippen LogP contribution in [0.3, 0.4) is 0 Å². The Bertz CT molecular complexity index is 927. The second-order valence-corrected chi connectivity index (χ2v) is 15.6. The van der Waals surface area contributed by atoms with E-state index in [2.05, 4.69) is 54.5 Å². The van der Waals surface area contributed by atoms with Gasteiger partial charge in [0.25, 0.3) is 0 Å². The van der Waals surface area contributed by atoms with E-state index in [1.54, 1.807) is 5.57 Å². The van der Waals surface area contributed by atoms with Crippen LogP contribution in [0.25, 0.3) is 0 Å². The molecular formula is C31H48O2. The van der Waals surface area contributed by atoms with Crippen LogP contribution < -0.4 is 0 Å². The van der Waals surface area contributed by atoms with Crippen molar-refractivity contribution in [2.24, 2.45) is 56.2 Å². The van der Waals surface area contributed by atoms with Crippen molar-refractivity contribution in [2.45, 2.75) is 119 Å². The van der Waals surface area contributed by atoms with E-state index in [0.717, 1.165) is 32.1 Å². The van der Waals surface area contributed by atoms with Gasteiger partial charge in [0.2, 0.25) is 0 Å². The van der Waals surface area contributed by atoms with Crippen LogP contribution in [-0.2, 0) is 4.79 Å². The van der Waals surface area contributed by atoms with E-state index >= 15 is 0 Å². The van der Waals surface area contributed by atoms with Crippen molar-refractivity contribution in [3.8, 4) is 0 Å². The molecule has 33 heavy (non-hydrogen) atoms. The van der Waals surface area contributed by atoms with E-state index in [1.165, 1.54) is 32.1 Å². The van der Waals surface area contributed by atoms with Gasteiger partial charge in [-0.15, -0.1) is 0 Å². The topological polar surface area (TPSA) is 37.3 Å². The molecular weight excluding hydrogens is 404 g/mol. The van der Waals surface area contributed by atoms with Gasteiger partial charge in [0.15, 0.2) is 0 Å². The van der Waals surface area contributed by atoms with Crippen LogP contribution in [0, 0.1) is 56.2 Å². The van der Waals surface area contributed by atoms with E-state index in [9.17, 15) is 9.90 Å². The summed E-state index contributed by atoms with van der Waals surface area (Å²) in [6.45, 7) is 17.4. The van der Waals surface area contributed by atoms with Crippen LogP contribution in [0.2, 0.25) is 0 Å². The molecule has 0 aromatic heterocycles. The SMILES string of the molecule is CC1(C)CC[C@@]23C[C@@H](CC2=O)C2(C)C(=CCC4[C@@]5(C)CC[C@H](O)C(C)(C)C5CC[C@]42C)[C@@H]3C1. The summed E-state index contributed by atoms with van der Waals surface area (Å²) in [7, 11) is 0. The van der Waals surface area contributed by atoms with Crippen molar-refractivity contribution < 1.29 is 9.90 Å². The van der Waals surface area contributed by atoms with E-state index in [-0.39, 0.29) is 33.2 Å². The standard InChI is InChI=1S/C31H48O2/c1-26(2)14-15-31-17-19(16-25(31)33)30(7)20(21(31)18-26)8-9-23-28(5)12-11-24(32)27(3,4)22(28)10-13-29(23,30)6/h8,19,21-24,32H,9-18H2,1-7H3/t19-,21+,22?,23?,24+,28+,29-,30?,31+/m1/s1. The second kappa shape index (κ2) is 6.37. The van der Waals surface area contributed by atoms with Gasteiger partial charge in [-0.1, -0.05) is 60.1 Å². The maximum absolute atomic E-state index is 13.7. The van der Waals surface area contributed by atoms with Crippen molar-refractivity contribution in [1.82, 2.24) is 0 Å². The summed E-state index contributed by atoms with van der Waals surface area (Å²) < 4.78 is 0. The minimum absolute atomic E-state index is 0.00232. The molecule has 5 saturated carbocycles. The molecule has 2 nitrogen and oxygen atoms in total. The molecule has 0 amide bonds. The van der Waals surface area contributed by atoms with E-state index in [0.29, 0.717) is 34.9 Å². The maximum Gasteiger partial charge on any atom is 0.139 e. The summed E-state index contributed by atoms with van der Waals surface area (Å²) in [6, 6.07) is 0. The third-order valence-corrected chi connectivity index (χ3v) is 13.8. The Morgan fingerprint density at radius 3 is 2.33 bits per heavy atom. The van der Waals surface area contributed by atoms with Crippen molar-refractivity contribution >= 4 is 5.78 Å².